The van der Waals surface area contributed by atoms with Crippen molar-refractivity contribution >= 4 is 32.8 Å². The fourth-order valence-electron chi connectivity index (χ4n) is 2.29. The van der Waals surface area contributed by atoms with Gasteiger partial charge in [-0.15, -0.1) is 0 Å². The predicted octanol–water partition coefficient (Wildman–Crippen LogP) is 2.67. The van der Waals surface area contributed by atoms with Gasteiger partial charge in [-0.25, -0.2) is 8.42 Å². The van der Waals surface area contributed by atoms with Crippen LogP contribution in [-0.4, -0.2) is 32.0 Å². The third-order valence-corrected chi connectivity index (χ3v) is 4.81. The van der Waals surface area contributed by atoms with E-state index in [1.165, 1.54) is 24.3 Å². The molecule has 2 aromatic carbocycles. The van der Waals surface area contributed by atoms with Gasteiger partial charge in [0, 0.05) is 18.0 Å². The highest BCUT2D eigenvalue weighted by atomic mass is 32.2. The number of aryl methyl sites for hydroxylation is 2. The van der Waals surface area contributed by atoms with Crippen LogP contribution < -0.4 is 10.6 Å². The molecule has 2 N–H and O–H groups in total. The van der Waals surface area contributed by atoms with Crippen LogP contribution in [0.2, 0.25) is 0 Å². The lowest BCUT2D eigenvalue weighted by Gasteiger charge is -2.12. The number of anilines is 2. The van der Waals surface area contributed by atoms with Crippen molar-refractivity contribution in [2.75, 3.05) is 23.4 Å². The van der Waals surface area contributed by atoms with Gasteiger partial charge in [0.15, 0.2) is 9.84 Å². The maximum absolute atomic E-state index is 12.1. The number of hydrogen-bond donors (Lipinski definition) is 2. The molecule has 0 radical (unpaired) electrons. The Bertz CT molecular complexity index is 970. The summed E-state index contributed by atoms with van der Waals surface area (Å²) in [4.78, 5) is 22.8. The van der Waals surface area contributed by atoms with Crippen LogP contribution >= 0.6 is 0 Å². The first kappa shape index (κ1) is 19.4. The molecule has 2 rings (SSSR count). The van der Waals surface area contributed by atoms with Crippen LogP contribution in [0.4, 0.5) is 17.1 Å². The van der Waals surface area contributed by atoms with E-state index in [-0.39, 0.29) is 22.8 Å². The molecule has 0 unspecified atom stereocenters. The van der Waals surface area contributed by atoms with E-state index in [1.54, 1.807) is 26.0 Å². The van der Waals surface area contributed by atoms with E-state index in [4.69, 9.17) is 0 Å². The van der Waals surface area contributed by atoms with Crippen molar-refractivity contribution in [1.82, 2.24) is 0 Å². The first-order valence-electron chi connectivity index (χ1n) is 7.67. The minimum atomic E-state index is -3.36. The second-order valence-electron chi connectivity index (χ2n) is 5.93. The van der Waals surface area contributed by atoms with Crippen LogP contribution in [0.5, 0.6) is 0 Å². The highest BCUT2D eigenvalue weighted by Gasteiger charge is 2.16. The lowest BCUT2D eigenvalue weighted by Crippen LogP contribution is -2.22. The number of rotatable bonds is 6. The number of nitrogens with zero attached hydrogens (tertiary/aromatic N) is 1. The number of nitro benzene ring substituents is 1. The summed E-state index contributed by atoms with van der Waals surface area (Å²) < 4.78 is 23.3. The molecule has 9 heteroatoms. The van der Waals surface area contributed by atoms with E-state index < -0.39 is 20.7 Å². The van der Waals surface area contributed by atoms with Crippen molar-refractivity contribution in [1.29, 1.82) is 0 Å². The number of hydrogen-bond acceptors (Lipinski definition) is 6. The third kappa shape index (κ3) is 4.79. The Labute approximate surface area is 151 Å². The summed E-state index contributed by atoms with van der Waals surface area (Å²) in [7, 11) is -3.36. The summed E-state index contributed by atoms with van der Waals surface area (Å²) in [6.45, 7) is 3.33. The number of carbonyl (C=O) groups is 1. The second kappa shape index (κ2) is 7.52. The van der Waals surface area contributed by atoms with E-state index in [1.807, 2.05) is 0 Å². The smallest absolute Gasteiger partial charge is 0.293 e. The minimum absolute atomic E-state index is 0.106. The lowest BCUT2D eigenvalue weighted by atomic mass is 10.2. The maximum Gasteiger partial charge on any atom is 0.293 e. The molecule has 138 valence electrons. The normalized spacial score (nSPS) is 11.0. The van der Waals surface area contributed by atoms with Gasteiger partial charge in [-0.05, 0) is 43.2 Å². The Kier molecular flexibility index (Phi) is 5.61. The zero-order valence-electron chi connectivity index (χ0n) is 14.6. The van der Waals surface area contributed by atoms with Crippen LogP contribution in [0.25, 0.3) is 0 Å². The van der Waals surface area contributed by atoms with Gasteiger partial charge in [0.05, 0.1) is 16.4 Å². The number of nitrogens with one attached hydrogen (secondary N) is 2. The SMILES string of the molecule is Cc1ccc(NC(=O)CNc2cc(S(C)(=O)=O)ccc2C)c([N+](=O)[O-])c1. The van der Waals surface area contributed by atoms with Crippen molar-refractivity contribution in [3.8, 4) is 0 Å². The van der Waals surface area contributed by atoms with Gasteiger partial charge in [0.25, 0.3) is 5.69 Å². The van der Waals surface area contributed by atoms with Crippen molar-refractivity contribution in [3.63, 3.8) is 0 Å². The zero-order chi connectivity index (χ0) is 19.5. The van der Waals surface area contributed by atoms with Gasteiger partial charge in [0.2, 0.25) is 5.91 Å². The third-order valence-electron chi connectivity index (χ3n) is 3.70. The lowest BCUT2D eigenvalue weighted by molar-refractivity contribution is -0.384. The Morgan fingerprint density at radius 3 is 2.42 bits per heavy atom. The Morgan fingerprint density at radius 2 is 1.81 bits per heavy atom. The van der Waals surface area contributed by atoms with E-state index in [2.05, 4.69) is 10.6 Å². The number of benzene rings is 2. The quantitative estimate of drug-likeness (QED) is 0.590. The average molecular weight is 377 g/mol. The summed E-state index contributed by atoms with van der Waals surface area (Å²) in [5.41, 5.74) is 1.90. The molecule has 0 aliphatic carbocycles. The minimum Gasteiger partial charge on any atom is -0.376 e. The molecule has 0 atom stereocenters. The van der Waals surface area contributed by atoms with E-state index in [0.717, 1.165) is 11.8 Å². The molecule has 0 saturated carbocycles. The number of sulfone groups is 1. The Hall–Kier alpha value is -2.94. The van der Waals surface area contributed by atoms with E-state index in [0.29, 0.717) is 11.3 Å². The molecule has 0 heterocycles. The summed E-state index contributed by atoms with van der Waals surface area (Å²) in [5, 5.41) is 16.4. The van der Waals surface area contributed by atoms with Crippen molar-refractivity contribution < 1.29 is 18.1 Å². The van der Waals surface area contributed by atoms with Gasteiger partial charge < -0.3 is 10.6 Å². The number of amides is 1. The average Bonchev–Trinajstić information content (AvgIpc) is 2.54. The van der Waals surface area contributed by atoms with Crippen LogP contribution in [0.15, 0.2) is 41.3 Å². The Morgan fingerprint density at radius 1 is 1.12 bits per heavy atom. The molecule has 0 bridgehead atoms. The summed E-state index contributed by atoms with van der Waals surface area (Å²) in [6, 6.07) is 9.10. The fraction of sp³-hybridized carbons (Fsp3) is 0.235. The van der Waals surface area contributed by atoms with Gasteiger partial charge in [-0.1, -0.05) is 12.1 Å². The second-order valence-corrected chi connectivity index (χ2v) is 7.94. The van der Waals surface area contributed by atoms with Crippen LogP contribution in [0.3, 0.4) is 0 Å². The number of carbonyl (C=O) groups excluding carboxylic acids is 1. The highest BCUT2D eigenvalue weighted by molar-refractivity contribution is 7.90. The van der Waals surface area contributed by atoms with Crippen LogP contribution in [0.1, 0.15) is 11.1 Å². The molecule has 0 fully saturated rings. The van der Waals surface area contributed by atoms with Gasteiger partial charge in [-0.3, -0.25) is 14.9 Å². The standard InChI is InChI=1S/C17H19N3O5S/c1-11-4-7-14(16(8-11)20(22)23)19-17(21)10-18-15-9-13(26(3,24)25)6-5-12(15)2/h4-9,18H,10H2,1-3H3,(H,19,21). The molecule has 0 aliphatic rings. The maximum atomic E-state index is 12.1. The predicted molar refractivity (Wildman–Crippen MR) is 99.2 cm³/mol. The molecule has 0 aliphatic heterocycles. The first-order chi connectivity index (χ1) is 12.1. The zero-order valence-corrected chi connectivity index (χ0v) is 15.4. The van der Waals surface area contributed by atoms with Crippen LogP contribution in [0, 0.1) is 24.0 Å². The molecular formula is C17H19N3O5S. The molecule has 0 saturated heterocycles. The Balaban J connectivity index is 2.12. The van der Waals surface area contributed by atoms with E-state index >= 15 is 0 Å². The monoisotopic (exact) mass is 377 g/mol. The molecular weight excluding hydrogens is 358 g/mol. The number of nitro groups is 1. The van der Waals surface area contributed by atoms with Gasteiger partial charge >= 0.3 is 0 Å². The molecule has 1 amide bonds. The van der Waals surface area contributed by atoms with Crippen molar-refractivity contribution in [3.05, 3.63) is 57.6 Å². The summed E-state index contributed by atoms with van der Waals surface area (Å²) >= 11 is 0. The van der Waals surface area contributed by atoms with Gasteiger partial charge in [-0.2, -0.15) is 0 Å². The van der Waals surface area contributed by atoms with Crippen molar-refractivity contribution in [2.24, 2.45) is 0 Å². The summed E-state index contributed by atoms with van der Waals surface area (Å²) in [6.07, 6.45) is 1.10. The van der Waals surface area contributed by atoms with Gasteiger partial charge in [0.1, 0.15) is 5.69 Å². The molecule has 26 heavy (non-hydrogen) atoms. The summed E-state index contributed by atoms with van der Waals surface area (Å²) in [5.74, 6) is -0.485. The van der Waals surface area contributed by atoms with E-state index in [9.17, 15) is 23.3 Å². The van der Waals surface area contributed by atoms with Crippen molar-refractivity contribution in [2.45, 2.75) is 18.7 Å². The molecule has 8 nitrogen and oxygen atoms in total. The molecule has 0 spiro atoms. The topological polar surface area (TPSA) is 118 Å². The molecule has 0 aromatic heterocycles. The van der Waals surface area contributed by atoms with Crippen LogP contribution in [-0.2, 0) is 14.6 Å². The largest absolute Gasteiger partial charge is 0.376 e. The fourth-order valence-corrected chi connectivity index (χ4v) is 2.94. The molecule has 2 aromatic rings. The first-order valence-corrected chi connectivity index (χ1v) is 9.56. The highest BCUT2D eigenvalue weighted by Crippen LogP contribution is 2.25.